The molecule has 4 nitrogen and oxygen atoms in total. The zero-order valence-corrected chi connectivity index (χ0v) is 22.4. The van der Waals surface area contributed by atoms with Crippen LogP contribution in [0, 0.1) is 0 Å². The van der Waals surface area contributed by atoms with Crippen LogP contribution >= 0.6 is 55.4 Å². The van der Waals surface area contributed by atoms with Crippen LogP contribution in [0.2, 0.25) is 0 Å². The highest BCUT2D eigenvalue weighted by Gasteiger charge is 2.28. The molecule has 0 bridgehead atoms. The summed E-state index contributed by atoms with van der Waals surface area (Å²) in [6, 6.07) is 11.5. The van der Waals surface area contributed by atoms with Crippen LogP contribution in [-0.2, 0) is 0 Å². The van der Waals surface area contributed by atoms with Crippen molar-refractivity contribution in [3.05, 3.63) is 81.8 Å². The molecule has 0 saturated carbocycles. The number of halogens is 2. The van der Waals surface area contributed by atoms with Crippen molar-refractivity contribution < 1.29 is 9.59 Å². The van der Waals surface area contributed by atoms with E-state index >= 15 is 0 Å². The lowest BCUT2D eigenvalue weighted by Gasteiger charge is -2.35. The average Bonchev–Trinajstić information content (AvgIpc) is 2.81. The first-order chi connectivity index (χ1) is 15.4. The molecule has 8 heteroatoms. The smallest absolute Gasteiger partial charge is 0.255 e. The van der Waals surface area contributed by atoms with Gasteiger partial charge in [0, 0.05) is 56.4 Å². The number of hydrogen-bond acceptors (Lipinski definition) is 4. The molecule has 168 valence electrons. The van der Waals surface area contributed by atoms with Gasteiger partial charge in [-0.05, 0) is 36.4 Å². The standard InChI is InChI=1S/C24H24Br2N2O2S2/c1-3-13-31-21-7-5-17(25)15-19(21)23(29)27-9-11-28(12-10-27)24(30)20-16-18(26)6-8-22(20)32-14-4-2/h3-8,15-16H,1-2,9-14H2. The highest BCUT2D eigenvalue weighted by atomic mass is 79.9. The second-order valence-corrected chi connectivity index (χ2v) is 11.0. The quantitative estimate of drug-likeness (QED) is 0.263. The molecule has 0 radical (unpaired) electrons. The predicted octanol–water partition coefficient (Wildman–Crippen LogP) is 6.37. The summed E-state index contributed by atoms with van der Waals surface area (Å²) in [5, 5.41) is 0. The molecule has 0 aliphatic carbocycles. The zero-order valence-electron chi connectivity index (χ0n) is 17.6. The van der Waals surface area contributed by atoms with Crippen molar-refractivity contribution in [1.82, 2.24) is 9.80 Å². The Morgan fingerprint density at radius 1 is 0.781 bits per heavy atom. The first-order valence-corrected chi connectivity index (χ1v) is 13.7. The molecule has 0 atom stereocenters. The van der Waals surface area contributed by atoms with Gasteiger partial charge in [0.25, 0.3) is 11.8 Å². The number of carbonyl (C=O) groups is 2. The van der Waals surface area contributed by atoms with E-state index in [0.717, 1.165) is 30.2 Å². The summed E-state index contributed by atoms with van der Waals surface area (Å²) < 4.78 is 1.74. The molecule has 2 amide bonds. The molecule has 1 heterocycles. The fraction of sp³-hybridized carbons (Fsp3) is 0.250. The van der Waals surface area contributed by atoms with Gasteiger partial charge in [-0.1, -0.05) is 44.0 Å². The summed E-state index contributed by atoms with van der Waals surface area (Å²) in [5.41, 5.74) is 1.36. The summed E-state index contributed by atoms with van der Waals surface area (Å²) >= 11 is 10.1. The summed E-state index contributed by atoms with van der Waals surface area (Å²) in [4.78, 5) is 32.0. The van der Waals surface area contributed by atoms with E-state index in [9.17, 15) is 9.59 Å². The lowest BCUT2D eigenvalue weighted by Crippen LogP contribution is -2.50. The number of carbonyl (C=O) groups excluding carboxylic acids is 2. The Morgan fingerprint density at radius 3 is 1.50 bits per heavy atom. The maximum absolute atomic E-state index is 13.2. The van der Waals surface area contributed by atoms with E-state index in [1.54, 1.807) is 23.5 Å². The fourth-order valence-electron chi connectivity index (χ4n) is 3.34. The van der Waals surface area contributed by atoms with E-state index in [1.807, 2.05) is 58.4 Å². The number of hydrogen-bond donors (Lipinski definition) is 0. The third-order valence-electron chi connectivity index (χ3n) is 4.91. The van der Waals surface area contributed by atoms with E-state index < -0.39 is 0 Å². The molecule has 0 spiro atoms. The van der Waals surface area contributed by atoms with Gasteiger partial charge < -0.3 is 9.80 Å². The Bertz CT molecular complexity index is 940. The van der Waals surface area contributed by atoms with Crippen molar-refractivity contribution in [2.24, 2.45) is 0 Å². The molecule has 2 aromatic carbocycles. The van der Waals surface area contributed by atoms with Gasteiger partial charge in [0.05, 0.1) is 11.1 Å². The Labute approximate surface area is 214 Å². The molecule has 0 aromatic heterocycles. The van der Waals surface area contributed by atoms with Gasteiger partial charge in [0.2, 0.25) is 0 Å². The van der Waals surface area contributed by atoms with Crippen LogP contribution in [0.3, 0.4) is 0 Å². The van der Waals surface area contributed by atoms with Crippen LogP contribution in [0.4, 0.5) is 0 Å². The number of benzene rings is 2. The van der Waals surface area contributed by atoms with Gasteiger partial charge in [-0.3, -0.25) is 9.59 Å². The Balaban J connectivity index is 1.71. The molecular weight excluding hydrogens is 572 g/mol. The van der Waals surface area contributed by atoms with E-state index in [1.165, 1.54) is 0 Å². The van der Waals surface area contributed by atoms with E-state index in [4.69, 9.17) is 0 Å². The number of piperazine rings is 1. The fourth-order valence-corrected chi connectivity index (χ4v) is 5.59. The normalized spacial score (nSPS) is 13.7. The molecular formula is C24H24Br2N2O2S2. The van der Waals surface area contributed by atoms with Crippen molar-refractivity contribution >= 4 is 67.2 Å². The van der Waals surface area contributed by atoms with Gasteiger partial charge in [-0.25, -0.2) is 0 Å². The van der Waals surface area contributed by atoms with Crippen molar-refractivity contribution in [3.63, 3.8) is 0 Å². The summed E-state index contributed by atoms with van der Waals surface area (Å²) in [7, 11) is 0. The van der Waals surface area contributed by atoms with Crippen molar-refractivity contribution in [2.45, 2.75) is 9.79 Å². The second kappa shape index (κ2) is 12.1. The Kier molecular flexibility index (Phi) is 9.52. The van der Waals surface area contributed by atoms with Crippen molar-refractivity contribution in [1.29, 1.82) is 0 Å². The monoisotopic (exact) mass is 594 g/mol. The van der Waals surface area contributed by atoms with E-state index in [2.05, 4.69) is 45.0 Å². The molecule has 0 unspecified atom stereocenters. The second-order valence-electron chi connectivity index (χ2n) is 7.06. The van der Waals surface area contributed by atoms with Crippen LogP contribution in [0.15, 0.2) is 80.4 Å². The molecule has 1 saturated heterocycles. The minimum Gasteiger partial charge on any atom is -0.335 e. The lowest BCUT2D eigenvalue weighted by atomic mass is 10.1. The Morgan fingerprint density at radius 2 is 1.16 bits per heavy atom. The molecule has 3 rings (SSSR count). The Hall–Kier alpha value is -1.48. The zero-order chi connectivity index (χ0) is 23.1. The first-order valence-electron chi connectivity index (χ1n) is 10.1. The largest absolute Gasteiger partial charge is 0.335 e. The lowest BCUT2D eigenvalue weighted by molar-refractivity contribution is 0.0531. The minimum atomic E-state index is -0.00496. The molecule has 1 aliphatic rings. The van der Waals surface area contributed by atoms with Crippen LogP contribution in [0.1, 0.15) is 20.7 Å². The van der Waals surface area contributed by atoms with Gasteiger partial charge in [-0.2, -0.15) is 0 Å². The maximum atomic E-state index is 13.2. The predicted molar refractivity (Wildman–Crippen MR) is 142 cm³/mol. The van der Waals surface area contributed by atoms with Crippen LogP contribution in [0.5, 0.6) is 0 Å². The van der Waals surface area contributed by atoms with Crippen LogP contribution < -0.4 is 0 Å². The number of nitrogens with zero attached hydrogens (tertiary/aromatic N) is 2. The first kappa shape index (κ1) is 25.1. The molecule has 32 heavy (non-hydrogen) atoms. The van der Waals surface area contributed by atoms with Crippen LogP contribution in [-0.4, -0.2) is 59.3 Å². The topological polar surface area (TPSA) is 40.6 Å². The van der Waals surface area contributed by atoms with Gasteiger partial charge in [-0.15, -0.1) is 36.7 Å². The molecule has 0 N–H and O–H groups in total. The minimum absolute atomic E-state index is 0.00496. The van der Waals surface area contributed by atoms with Crippen molar-refractivity contribution in [2.75, 3.05) is 37.7 Å². The van der Waals surface area contributed by atoms with E-state index in [0.29, 0.717) is 37.3 Å². The third kappa shape index (κ3) is 6.31. The molecule has 2 aromatic rings. The SMILES string of the molecule is C=CCSc1ccc(Br)cc1C(=O)N1CCN(C(=O)c2cc(Br)ccc2SCC=C)CC1. The maximum Gasteiger partial charge on any atom is 0.255 e. The number of thioether (sulfide) groups is 2. The highest BCUT2D eigenvalue weighted by molar-refractivity contribution is 9.10. The van der Waals surface area contributed by atoms with Gasteiger partial charge >= 0.3 is 0 Å². The van der Waals surface area contributed by atoms with Crippen molar-refractivity contribution in [3.8, 4) is 0 Å². The summed E-state index contributed by atoms with van der Waals surface area (Å²) in [6.07, 6.45) is 3.66. The van der Waals surface area contributed by atoms with Gasteiger partial charge in [0.1, 0.15) is 0 Å². The summed E-state index contributed by atoms with van der Waals surface area (Å²) in [6.45, 7) is 9.55. The highest BCUT2D eigenvalue weighted by Crippen LogP contribution is 2.29. The average molecular weight is 596 g/mol. The van der Waals surface area contributed by atoms with Gasteiger partial charge in [0.15, 0.2) is 0 Å². The molecule has 1 fully saturated rings. The third-order valence-corrected chi connectivity index (χ3v) is 8.04. The van der Waals surface area contributed by atoms with Crippen LogP contribution in [0.25, 0.3) is 0 Å². The van der Waals surface area contributed by atoms with E-state index in [-0.39, 0.29) is 11.8 Å². The number of amides is 2. The molecule has 1 aliphatic heterocycles. The summed E-state index contributed by atoms with van der Waals surface area (Å²) in [5.74, 6) is 1.47. The number of rotatable bonds is 8.